The van der Waals surface area contributed by atoms with Gasteiger partial charge in [0.15, 0.2) is 29.3 Å². The number of carbonyl (C=O) groups is 1. The number of hydrogen-bond donors (Lipinski definition) is 4. The minimum absolute atomic E-state index is 0.397. The Morgan fingerprint density at radius 3 is 2.83 bits per heavy atom. The first-order valence-electron chi connectivity index (χ1n) is 9.05. The quantitative estimate of drug-likeness (QED) is 0.446. The van der Waals surface area contributed by atoms with E-state index in [0.717, 1.165) is 11.3 Å². The number of hydrogen-bond acceptors (Lipinski definition) is 9. The lowest BCUT2D eigenvalue weighted by Gasteiger charge is -2.16. The first kappa shape index (κ1) is 19.2. The van der Waals surface area contributed by atoms with E-state index in [2.05, 4.69) is 30.6 Å². The van der Waals surface area contributed by atoms with Crippen LogP contribution in [0.5, 0.6) is 0 Å². The smallest absolute Gasteiger partial charge is 0.251 e. The maximum Gasteiger partial charge on any atom is 0.251 e. The number of ether oxygens (including phenoxy) is 1. The van der Waals surface area contributed by atoms with Crippen molar-refractivity contribution in [2.75, 3.05) is 12.4 Å². The second-order valence-corrected chi connectivity index (χ2v) is 6.77. The molecule has 1 fully saturated rings. The van der Waals surface area contributed by atoms with E-state index in [1.807, 2.05) is 19.1 Å². The molecule has 0 radical (unpaired) electrons. The molecule has 0 bridgehead atoms. The molecular formula is C18H21N7O4. The lowest BCUT2D eigenvalue weighted by molar-refractivity contribution is -0.137. The van der Waals surface area contributed by atoms with Gasteiger partial charge in [0.05, 0.1) is 18.6 Å². The summed E-state index contributed by atoms with van der Waals surface area (Å²) in [5.41, 5.74) is 2.81. The van der Waals surface area contributed by atoms with Gasteiger partial charge in [0.25, 0.3) is 5.91 Å². The van der Waals surface area contributed by atoms with Crippen LogP contribution in [-0.2, 0) is 16.1 Å². The summed E-state index contributed by atoms with van der Waals surface area (Å²) in [6.07, 6.45) is -0.364. The van der Waals surface area contributed by atoms with Crippen molar-refractivity contribution in [2.24, 2.45) is 0 Å². The zero-order chi connectivity index (χ0) is 20.5. The fourth-order valence-electron chi connectivity index (χ4n) is 3.29. The van der Waals surface area contributed by atoms with E-state index in [0.29, 0.717) is 23.5 Å². The molecule has 29 heavy (non-hydrogen) atoms. The molecule has 4 heterocycles. The van der Waals surface area contributed by atoms with Crippen LogP contribution in [0.3, 0.4) is 0 Å². The van der Waals surface area contributed by atoms with E-state index in [4.69, 9.17) is 4.74 Å². The first-order chi connectivity index (χ1) is 14.0. The third-order valence-electron chi connectivity index (χ3n) is 4.79. The van der Waals surface area contributed by atoms with E-state index in [-0.39, 0.29) is 0 Å². The van der Waals surface area contributed by atoms with Crippen molar-refractivity contribution in [1.82, 2.24) is 29.8 Å². The summed E-state index contributed by atoms with van der Waals surface area (Å²) in [5.74, 6) is -0.0287. The molecule has 0 aliphatic carbocycles. The van der Waals surface area contributed by atoms with E-state index in [9.17, 15) is 15.0 Å². The molecule has 0 aromatic carbocycles. The van der Waals surface area contributed by atoms with Crippen LogP contribution in [0.25, 0.3) is 11.2 Å². The molecule has 4 N–H and O–H groups in total. The molecule has 4 rings (SSSR count). The van der Waals surface area contributed by atoms with Crippen molar-refractivity contribution in [2.45, 2.75) is 38.0 Å². The molecule has 1 saturated heterocycles. The number of aryl methyl sites for hydroxylation is 1. The van der Waals surface area contributed by atoms with Crippen LogP contribution in [-0.4, -0.2) is 66.0 Å². The topological polar surface area (TPSA) is 147 Å². The third-order valence-corrected chi connectivity index (χ3v) is 4.79. The molecular weight excluding hydrogens is 378 g/mol. The lowest BCUT2D eigenvalue weighted by Crippen LogP contribution is -2.41. The Morgan fingerprint density at radius 2 is 2.07 bits per heavy atom. The molecule has 152 valence electrons. The van der Waals surface area contributed by atoms with Crippen LogP contribution in [0.15, 0.2) is 31.0 Å². The number of aliphatic hydroxyl groups excluding tert-OH is 2. The minimum Gasteiger partial charge on any atom is -0.387 e. The number of nitrogens with zero attached hydrogens (tertiary/aromatic N) is 5. The molecule has 1 unspecified atom stereocenters. The summed E-state index contributed by atoms with van der Waals surface area (Å²) in [5, 5.41) is 26.1. The number of amides is 1. The van der Waals surface area contributed by atoms with Crippen LogP contribution in [0.2, 0.25) is 0 Å². The van der Waals surface area contributed by atoms with Crippen molar-refractivity contribution < 1.29 is 19.7 Å². The van der Waals surface area contributed by atoms with Gasteiger partial charge in [0.1, 0.15) is 18.5 Å². The average molecular weight is 399 g/mol. The molecule has 11 heteroatoms. The molecule has 4 atom stereocenters. The fraction of sp³-hybridized carbons (Fsp3) is 0.389. The summed E-state index contributed by atoms with van der Waals surface area (Å²) < 4.78 is 7.07. The molecule has 11 nitrogen and oxygen atoms in total. The third kappa shape index (κ3) is 3.50. The molecule has 0 spiro atoms. The fourth-order valence-corrected chi connectivity index (χ4v) is 3.29. The highest BCUT2D eigenvalue weighted by Gasteiger charge is 2.47. The van der Waals surface area contributed by atoms with E-state index < -0.39 is 30.4 Å². The Kier molecular flexibility index (Phi) is 5.09. The average Bonchev–Trinajstić information content (AvgIpc) is 3.28. The summed E-state index contributed by atoms with van der Waals surface area (Å²) >= 11 is 0. The molecule has 3 aromatic rings. The van der Waals surface area contributed by atoms with Gasteiger partial charge in [-0.2, -0.15) is 0 Å². The maximum absolute atomic E-state index is 11.9. The molecule has 3 aromatic heterocycles. The molecule has 0 saturated carbocycles. The summed E-state index contributed by atoms with van der Waals surface area (Å²) in [7, 11) is 1.43. The van der Waals surface area contributed by atoms with Crippen molar-refractivity contribution in [3.63, 3.8) is 0 Å². The maximum atomic E-state index is 11.9. The highest BCUT2D eigenvalue weighted by Crippen LogP contribution is 2.32. The number of imidazole rings is 1. The zero-order valence-electron chi connectivity index (χ0n) is 15.9. The van der Waals surface area contributed by atoms with E-state index >= 15 is 0 Å². The summed E-state index contributed by atoms with van der Waals surface area (Å²) in [6.45, 7) is 2.43. The molecule has 1 aliphatic heterocycles. The zero-order valence-corrected chi connectivity index (χ0v) is 15.9. The van der Waals surface area contributed by atoms with Crippen LogP contribution < -0.4 is 10.6 Å². The number of pyridine rings is 1. The predicted molar refractivity (Wildman–Crippen MR) is 102 cm³/mol. The van der Waals surface area contributed by atoms with Crippen molar-refractivity contribution >= 4 is 22.9 Å². The summed E-state index contributed by atoms with van der Waals surface area (Å²) in [6, 6.07) is 3.88. The van der Waals surface area contributed by atoms with E-state index in [1.165, 1.54) is 24.3 Å². The number of nitrogens with one attached hydrogen (secondary N) is 2. The standard InChI is InChI=1S/C18H21N7O4/c1-9-3-4-20-10(5-9)6-21-15-11-16(23-7-22-15)25(8-24-11)18-13(27)12(26)14(29-18)17(28)19-2/h3-5,7-8,12-14,18,26-27H,6H2,1-2H3,(H,19,28)(H,21,22,23)/t12?,13-,14+,18-/m1/s1. The Labute approximate surface area is 165 Å². The van der Waals surface area contributed by atoms with Gasteiger partial charge in [-0.15, -0.1) is 0 Å². The van der Waals surface area contributed by atoms with Gasteiger partial charge < -0.3 is 25.6 Å². The number of likely N-dealkylation sites (N-methyl/N-ethyl adjacent to an activating group) is 1. The second kappa shape index (κ2) is 7.70. The number of carbonyl (C=O) groups excluding carboxylic acids is 1. The Balaban J connectivity index is 1.60. The Morgan fingerprint density at radius 1 is 1.24 bits per heavy atom. The highest BCUT2D eigenvalue weighted by atomic mass is 16.6. The van der Waals surface area contributed by atoms with Crippen LogP contribution >= 0.6 is 0 Å². The van der Waals surface area contributed by atoms with Gasteiger partial charge in [-0.3, -0.25) is 14.3 Å². The monoisotopic (exact) mass is 399 g/mol. The Bertz CT molecular complexity index is 1040. The van der Waals surface area contributed by atoms with Crippen molar-refractivity contribution in [3.8, 4) is 0 Å². The number of anilines is 1. The largest absolute Gasteiger partial charge is 0.387 e. The number of aliphatic hydroxyl groups is 2. The van der Waals surface area contributed by atoms with Gasteiger partial charge in [-0.1, -0.05) is 0 Å². The minimum atomic E-state index is -1.37. The van der Waals surface area contributed by atoms with Gasteiger partial charge in [-0.05, 0) is 24.6 Å². The summed E-state index contributed by atoms with van der Waals surface area (Å²) in [4.78, 5) is 29.0. The van der Waals surface area contributed by atoms with Crippen LogP contribution in [0.4, 0.5) is 5.82 Å². The van der Waals surface area contributed by atoms with Gasteiger partial charge >= 0.3 is 0 Å². The normalized spacial score (nSPS) is 24.0. The van der Waals surface area contributed by atoms with Gasteiger partial charge in [0.2, 0.25) is 0 Å². The number of fused-ring (bicyclic) bond motifs is 1. The highest BCUT2D eigenvalue weighted by molar-refractivity contribution is 5.83. The van der Waals surface area contributed by atoms with E-state index in [1.54, 1.807) is 6.20 Å². The van der Waals surface area contributed by atoms with Crippen LogP contribution in [0.1, 0.15) is 17.5 Å². The predicted octanol–water partition coefficient (Wildman–Crippen LogP) is -0.493. The lowest BCUT2D eigenvalue weighted by atomic mass is 10.1. The Hall–Kier alpha value is -3.15. The van der Waals surface area contributed by atoms with Gasteiger partial charge in [0, 0.05) is 13.2 Å². The molecule has 1 amide bonds. The van der Waals surface area contributed by atoms with Crippen molar-refractivity contribution in [1.29, 1.82) is 0 Å². The SMILES string of the molecule is CNC(=O)[C@H]1O[C@@H](n2cnc3c(NCc4cc(C)ccn4)ncnc32)[C@H](O)C1O. The van der Waals surface area contributed by atoms with Crippen LogP contribution in [0, 0.1) is 6.92 Å². The first-order valence-corrected chi connectivity index (χ1v) is 9.05. The molecule has 1 aliphatic rings. The number of rotatable bonds is 5. The number of aromatic nitrogens is 5. The van der Waals surface area contributed by atoms with Crippen molar-refractivity contribution in [3.05, 3.63) is 42.2 Å². The van der Waals surface area contributed by atoms with Gasteiger partial charge in [-0.25, -0.2) is 15.0 Å². The second-order valence-electron chi connectivity index (χ2n) is 6.77.